The third-order valence-corrected chi connectivity index (χ3v) is 5.89. The summed E-state index contributed by atoms with van der Waals surface area (Å²) >= 11 is 0. The van der Waals surface area contributed by atoms with E-state index < -0.39 is 10.0 Å². The Bertz CT molecular complexity index is 536. The second-order valence-electron chi connectivity index (χ2n) is 5.80. The van der Waals surface area contributed by atoms with Crippen molar-refractivity contribution in [3.63, 3.8) is 0 Å². The van der Waals surface area contributed by atoms with Gasteiger partial charge in [0.25, 0.3) is 0 Å². The Balaban J connectivity index is 2.09. The zero-order valence-corrected chi connectivity index (χ0v) is 13.3. The van der Waals surface area contributed by atoms with Crippen LogP contribution in [-0.2, 0) is 16.6 Å². The summed E-state index contributed by atoms with van der Waals surface area (Å²) in [7, 11) is -3.34. The molecule has 0 aromatic carbocycles. The van der Waals surface area contributed by atoms with E-state index in [0.29, 0.717) is 36.4 Å². The lowest BCUT2D eigenvalue weighted by molar-refractivity contribution is 0.388. The van der Waals surface area contributed by atoms with E-state index >= 15 is 0 Å². The van der Waals surface area contributed by atoms with Gasteiger partial charge in [-0.15, -0.1) is 0 Å². The lowest BCUT2D eigenvalue weighted by atomic mass is 9.96. The van der Waals surface area contributed by atoms with Crippen LogP contribution in [0.4, 0.5) is 0 Å². The van der Waals surface area contributed by atoms with E-state index in [4.69, 9.17) is 0 Å². The molecule has 20 heavy (non-hydrogen) atoms. The molecule has 1 aliphatic heterocycles. The van der Waals surface area contributed by atoms with Crippen molar-refractivity contribution in [2.75, 3.05) is 19.6 Å². The predicted molar refractivity (Wildman–Crippen MR) is 79.9 cm³/mol. The molecule has 1 aliphatic rings. The first-order chi connectivity index (χ1) is 9.45. The normalized spacial score (nSPS) is 20.9. The van der Waals surface area contributed by atoms with Gasteiger partial charge in [0, 0.05) is 31.5 Å². The van der Waals surface area contributed by atoms with Gasteiger partial charge in [-0.1, -0.05) is 20.8 Å². The number of aromatic amines is 1. The van der Waals surface area contributed by atoms with Crippen molar-refractivity contribution in [1.82, 2.24) is 14.6 Å². The van der Waals surface area contributed by atoms with E-state index in [-0.39, 0.29) is 0 Å². The summed E-state index contributed by atoms with van der Waals surface area (Å²) in [5.41, 5.74) is 0.907. The second-order valence-corrected chi connectivity index (χ2v) is 7.73. The average molecular weight is 299 g/mol. The Morgan fingerprint density at radius 3 is 2.85 bits per heavy atom. The van der Waals surface area contributed by atoms with Crippen LogP contribution in [0.15, 0.2) is 17.2 Å². The monoisotopic (exact) mass is 299 g/mol. The van der Waals surface area contributed by atoms with Gasteiger partial charge in [-0.3, -0.25) is 0 Å². The summed E-state index contributed by atoms with van der Waals surface area (Å²) in [5, 5.41) is 3.18. The van der Waals surface area contributed by atoms with E-state index in [1.165, 1.54) is 0 Å². The van der Waals surface area contributed by atoms with Crippen LogP contribution in [0.1, 0.15) is 32.9 Å². The van der Waals surface area contributed by atoms with Crippen molar-refractivity contribution in [3.8, 4) is 0 Å². The summed E-state index contributed by atoms with van der Waals surface area (Å²) in [5.74, 6) is 1.01. The van der Waals surface area contributed by atoms with E-state index in [0.717, 1.165) is 18.7 Å². The Morgan fingerprint density at radius 1 is 1.50 bits per heavy atom. The number of nitrogens with zero attached hydrogens (tertiary/aromatic N) is 1. The summed E-state index contributed by atoms with van der Waals surface area (Å²) in [6.45, 7) is 9.16. The molecule has 1 atom stereocenters. The SMILES string of the molecule is CCNCc1cc(S(=O)(=O)N2CCC(C(C)C)C2)c[nH]1. The molecule has 0 radical (unpaired) electrons. The van der Waals surface area contributed by atoms with Crippen LogP contribution in [0, 0.1) is 11.8 Å². The zero-order valence-electron chi connectivity index (χ0n) is 12.5. The summed E-state index contributed by atoms with van der Waals surface area (Å²) in [4.78, 5) is 3.42. The van der Waals surface area contributed by atoms with Gasteiger partial charge in [-0.2, -0.15) is 4.31 Å². The molecule has 2 N–H and O–H groups in total. The standard InChI is InChI=1S/C14H25N3O2S/c1-4-15-8-13-7-14(9-16-13)20(18,19)17-6-5-12(10-17)11(2)3/h7,9,11-12,15-16H,4-6,8,10H2,1-3H3. The van der Waals surface area contributed by atoms with Gasteiger partial charge in [0.1, 0.15) is 0 Å². The van der Waals surface area contributed by atoms with Gasteiger partial charge in [-0.25, -0.2) is 8.42 Å². The number of hydrogen-bond donors (Lipinski definition) is 2. The van der Waals surface area contributed by atoms with E-state index in [1.807, 2.05) is 6.92 Å². The second kappa shape index (κ2) is 6.28. The molecular formula is C14H25N3O2S. The molecule has 1 saturated heterocycles. The highest BCUT2D eigenvalue weighted by Crippen LogP contribution is 2.28. The van der Waals surface area contributed by atoms with Crippen molar-refractivity contribution < 1.29 is 8.42 Å². The van der Waals surface area contributed by atoms with Crippen LogP contribution in [0.5, 0.6) is 0 Å². The Kier molecular flexibility index (Phi) is 4.88. The maximum Gasteiger partial charge on any atom is 0.244 e. The molecule has 114 valence electrons. The maximum atomic E-state index is 12.6. The number of H-pyrrole nitrogens is 1. The van der Waals surface area contributed by atoms with Gasteiger partial charge in [0.05, 0.1) is 4.90 Å². The van der Waals surface area contributed by atoms with Gasteiger partial charge in [0.2, 0.25) is 10.0 Å². The van der Waals surface area contributed by atoms with Crippen LogP contribution >= 0.6 is 0 Å². The number of sulfonamides is 1. The molecule has 1 aromatic heterocycles. The van der Waals surface area contributed by atoms with Crippen molar-refractivity contribution in [2.45, 2.75) is 38.6 Å². The van der Waals surface area contributed by atoms with Crippen molar-refractivity contribution in [3.05, 3.63) is 18.0 Å². The Hall–Kier alpha value is -0.850. The minimum atomic E-state index is -3.34. The number of nitrogens with one attached hydrogen (secondary N) is 2. The largest absolute Gasteiger partial charge is 0.363 e. The fraction of sp³-hybridized carbons (Fsp3) is 0.714. The summed E-state index contributed by atoms with van der Waals surface area (Å²) in [6, 6.07) is 1.74. The first kappa shape index (κ1) is 15.5. The third-order valence-electron chi connectivity index (χ3n) is 4.05. The fourth-order valence-corrected chi connectivity index (χ4v) is 4.13. The Labute approximate surface area is 121 Å². The predicted octanol–water partition coefficient (Wildman–Crippen LogP) is 1.79. The molecule has 0 bridgehead atoms. The topological polar surface area (TPSA) is 65.2 Å². The Morgan fingerprint density at radius 2 is 2.25 bits per heavy atom. The van der Waals surface area contributed by atoms with Crippen LogP contribution in [0.2, 0.25) is 0 Å². The molecule has 1 unspecified atom stereocenters. The molecule has 0 amide bonds. The fourth-order valence-electron chi connectivity index (χ4n) is 2.60. The highest BCUT2D eigenvalue weighted by molar-refractivity contribution is 7.89. The van der Waals surface area contributed by atoms with E-state index in [9.17, 15) is 8.42 Å². The number of rotatable bonds is 6. The summed E-state index contributed by atoms with van der Waals surface area (Å²) in [6.07, 6.45) is 2.57. The maximum absolute atomic E-state index is 12.6. The van der Waals surface area contributed by atoms with Crippen LogP contribution in [0.3, 0.4) is 0 Å². The highest BCUT2D eigenvalue weighted by atomic mass is 32.2. The average Bonchev–Trinajstić information content (AvgIpc) is 3.05. The molecule has 2 rings (SSSR count). The van der Waals surface area contributed by atoms with Crippen LogP contribution in [-0.4, -0.2) is 37.3 Å². The molecule has 2 heterocycles. The lowest BCUT2D eigenvalue weighted by Gasteiger charge is -2.17. The molecule has 0 aliphatic carbocycles. The van der Waals surface area contributed by atoms with E-state index in [2.05, 4.69) is 24.1 Å². The van der Waals surface area contributed by atoms with Crippen LogP contribution < -0.4 is 5.32 Å². The molecule has 1 aromatic rings. The molecule has 1 fully saturated rings. The minimum absolute atomic E-state index is 0.384. The van der Waals surface area contributed by atoms with E-state index in [1.54, 1.807) is 16.6 Å². The third kappa shape index (κ3) is 3.24. The quantitative estimate of drug-likeness (QED) is 0.841. The molecule has 5 nitrogen and oxygen atoms in total. The number of hydrogen-bond acceptors (Lipinski definition) is 3. The molecule has 0 saturated carbocycles. The lowest BCUT2D eigenvalue weighted by Crippen LogP contribution is -2.29. The summed E-state index contributed by atoms with van der Waals surface area (Å²) < 4.78 is 26.8. The minimum Gasteiger partial charge on any atom is -0.363 e. The van der Waals surface area contributed by atoms with Gasteiger partial charge < -0.3 is 10.3 Å². The smallest absolute Gasteiger partial charge is 0.244 e. The molecular weight excluding hydrogens is 274 g/mol. The number of aromatic nitrogens is 1. The van der Waals surface area contributed by atoms with Gasteiger partial charge >= 0.3 is 0 Å². The van der Waals surface area contributed by atoms with Crippen molar-refractivity contribution in [2.24, 2.45) is 11.8 Å². The molecule has 6 heteroatoms. The zero-order chi connectivity index (χ0) is 14.8. The highest BCUT2D eigenvalue weighted by Gasteiger charge is 2.34. The first-order valence-corrected chi connectivity index (χ1v) is 8.77. The first-order valence-electron chi connectivity index (χ1n) is 7.33. The van der Waals surface area contributed by atoms with Crippen LogP contribution in [0.25, 0.3) is 0 Å². The molecule has 0 spiro atoms. The van der Waals surface area contributed by atoms with Crippen molar-refractivity contribution in [1.29, 1.82) is 0 Å². The van der Waals surface area contributed by atoms with Gasteiger partial charge in [0.15, 0.2) is 0 Å². The van der Waals surface area contributed by atoms with Crippen molar-refractivity contribution >= 4 is 10.0 Å². The van der Waals surface area contributed by atoms with Gasteiger partial charge in [-0.05, 0) is 30.9 Å².